The number of primary amides is 1. The summed E-state index contributed by atoms with van der Waals surface area (Å²) in [7, 11) is 1.67. The number of carbonyl (C=O) groups is 1. The number of hydrogen-bond donors (Lipinski definition) is 1. The highest BCUT2D eigenvalue weighted by atomic mass is 19.1. The lowest BCUT2D eigenvalue weighted by Crippen LogP contribution is -2.30. The van der Waals surface area contributed by atoms with E-state index in [2.05, 4.69) is 0 Å². The van der Waals surface area contributed by atoms with Crippen LogP contribution in [-0.4, -0.2) is 24.4 Å². The van der Waals surface area contributed by atoms with Gasteiger partial charge < -0.3 is 5.73 Å². The Labute approximate surface area is 93.1 Å². The standard InChI is InChI=1S/C11H12FN3O/c1-15(7-11(14)16)6-9-3-2-8(5-13)4-10(9)12/h2-4H,6-7H2,1H3,(H2,14,16). The average molecular weight is 221 g/mol. The number of rotatable bonds is 4. The second-order valence-corrected chi connectivity index (χ2v) is 3.56. The van der Waals surface area contributed by atoms with E-state index in [1.54, 1.807) is 11.9 Å². The summed E-state index contributed by atoms with van der Waals surface area (Å²) in [6.07, 6.45) is 0. The molecule has 1 amide bonds. The summed E-state index contributed by atoms with van der Waals surface area (Å²) in [6, 6.07) is 6.10. The second-order valence-electron chi connectivity index (χ2n) is 3.56. The maximum absolute atomic E-state index is 13.4. The van der Waals surface area contributed by atoms with Crippen molar-refractivity contribution in [3.63, 3.8) is 0 Å². The lowest BCUT2D eigenvalue weighted by molar-refractivity contribution is -0.118. The monoisotopic (exact) mass is 221 g/mol. The Bertz CT molecular complexity index is 439. The number of halogens is 1. The molecule has 84 valence electrons. The minimum atomic E-state index is -0.462. The van der Waals surface area contributed by atoms with Gasteiger partial charge in [-0.3, -0.25) is 9.69 Å². The normalized spacial score (nSPS) is 10.1. The molecule has 0 fully saturated rings. The molecule has 5 heteroatoms. The van der Waals surface area contributed by atoms with E-state index in [1.165, 1.54) is 18.2 Å². The number of nitriles is 1. The molecule has 4 nitrogen and oxygen atoms in total. The minimum Gasteiger partial charge on any atom is -0.369 e. The summed E-state index contributed by atoms with van der Waals surface area (Å²) in [5.74, 6) is -0.910. The molecule has 16 heavy (non-hydrogen) atoms. The predicted octanol–water partition coefficient (Wildman–Crippen LogP) is 0.614. The Balaban J connectivity index is 2.75. The highest BCUT2D eigenvalue weighted by Crippen LogP contribution is 2.11. The Kier molecular flexibility index (Phi) is 3.97. The van der Waals surface area contributed by atoms with Crippen LogP contribution in [0.2, 0.25) is 0 Å². The van der Waals surface area contributed by atoms with Crippen LogP contribution in [0.25, 0.3) is 0 Å². The number of hydrogen-bond acceptors (Lipinski definition) is 3. The van der Waals surface area contributed by atoms with Gasteiger partial charge in [0.05, 0.1) is 18.2 Å². The van der Waals surface area contributed by atoms with Crippen molar-refractivity contribution < 1.29 is 9.18 Å². The van der Waals surface area contributed by atoms with E-state index in [4.69, 9.17) is 11.0 Å². The molecule has 0 bridgehead atoms. The molecule has 1 aromatic carbocycles. The molecule has 0 saturated heterocycles. The molecule has 0 aliphatic carbocycles. The van der Waals surface area contributed by atoms with Crippen molar-refractivity contribution in [2.75, 3.05) is 13.6 Å². The topological polar surface area (TPSA) is 70.1 Å². The van der Waals surface area contributed by atoms with Gasteiger partial charge in [-0.2, -0.15) is 5.26 Å². The number of nitrogens with zero attached hydrogens (tertiary/aromatic N) is 2. The summed E-state index contributed by atoms with van der Waals surface area (Å²) in [5.41, 5.74) is 5.72. The molecule has 0 saturated carbocycles. The average Bonchev–Trinajstić information content (AvgIpc) is 2.19. The first-order valence-corrected chi connectivity index (χ1v) is 4.68. The Morgan fingerprint density at radius 3 is 2.81 bits per heavy atom. The van der Waals surface area contributed by atoms with Crippen LogP contribution >= 0.6 is 0 Å². The zero-order chi connectivity index (χ0) is 12.1. The Morgan fingerprint density at radius 1 is 1.62 bits per heavy atom. The van der Waals surface area contributed by atoms with Crippen LogP contribution in [0.5, 0.6) is 0 Å². The first-order chi connectivity index (χ1) is 7.52. The van der Waals surface area contributed by atoms with E-state index in [0.29, 0.717) is 5.56 Å². The molecular formula is C11H12FN3O. The van der Waals surface area contributed by atoms with Gasteiger partial charge in [-0.25, -0.2) is 4.39 Å². The van der Waals surface area contributed by atoms with Crippen LogP contribution in [0, 0.1) is 17.1 Å². The van der Waals surface area contributed by atoms with Crippen LogP contribution in [0.4, 0.5) is 4.39 Å². The highest BCUT2D eigenvalue weighted by molar-refractivity contribution is 5.75. The van der Waals surface area contributed by atoms with Crippen LogP contribution in [0.15, 0.2) is 18.2 Å². The van der Waals surface area contributed by atoms with Gasteiger partial charge in [0.15, 0.2) is 0 Å². The van der Waals surface area contributed by atoms with Gasteiger partial charge >= 0.3 is 0 Å². The molecular weight excluding hydrogens is 209 g/mol. The van der Waals surface area contributed by atoms with E-state index >= 15 is 0 Å². The quantitative estimate of drug-likeness (QED) is 0.810. The van der Waals surface area contributed by atoms with Crippen LogP contribution in [0.1, 0.15) is 11.1 Å². The molecule has 2 N–H and O–H groups in total. The molecule has 0 heterocycles. The van der Waals surface area contributed by atoms with Crippen LogP contribution in [0.3, 0.4) is 0 Å². The summed E-state index contributed by atoms with van der Waals surface area (Å²) >= 11 is 0. The van der Waals surface area contributed by atoms with Crippen LogP contribution in [-0.2, 0) is 11.3 Å². The fourth-order valence-corrected chi connectivity index (χ4v) is 1.36. The van der Waals surface area contributed by atoms with E-state index in [9.17, 15) is 9.18 Å². The lowest BCUT2D eigenvalue weighted by atomic mass is 10.1. The zero-order valence-corrected chi connectivity index (χ0v) is 8.90. The van der Waals surface area contributed by atoms with E-state index in [-0.39, 0.29) is 18.7 Å². The molecule has 1 rings (SSSR count). The zero-order valence-electron chi connectivity index (χ0n) is 8.90. The number of likely N-dealkylation sites (N-methyl/N-ethyl adjacent to an activating group) is 1. The fraction of sp³-hybridized carbons (Fsp3) is 0.273. The van der Waals surface area contributed by atoms with Crippen molar-refractivity contribution in [3.8, 4) is 6.07 Å². The Hall–Kier alpha value is -1.93. The van der Waals surface area contributed by atoms with E-state index in [1.807, 2.05) is 6.07 Å². The molecule has 0 aliphatic heterocycles. The van der Waals surface area contributed by atoms with Crippen molar-refractivity contribution in [1.29, 1.82) is 5.26 Å². The Morgan fingerprint density at radius 2 is 2.31 bits per heavy atom. The third kappa shape index (κ3) is 3.33. The molecule has 0 spiro atoms. The van der Waals surface area contributed by atoms with Crippen molar-refractivity contribution in [2.45, 2.75) is 6.54 Å². The van der Waals surface area contributed by atoms with Crippen molar-refractivity contribution in [2.24, 2.45) is 5.73 Å². The largest absolute Gasteiger partial charge is 0.369 e. The van der Waals surface area contributed by atoms with Crippen molar-refractivity contribution >= 4 is 5.91 Å². The molecule has 0 atom stereocenters. The van der Waals surface area contributed by atoms with E-state index in [0.717, 1.165) is 0 Å². The minimum absolute atomic E-state index is 0.0689. The maximum atomic E-state index is 13.4. The molecule has 0 aromatic heterocycles. The van der Waals surface area contributed by atoms with Gasteiger partial charge in [0.1, 0.15) is 5.82 Å². The summed E-state index contributed by atoms with van der Waals surface area (Å²) in [4.78, 5) is 12.2. The molecule has 1 aromatic rings. The highest BCUT2D eigenvalue weighted by Gasteiger charge is 2.08. The van der Waals surface area contributed by atoms with Crippen molar-refractivity contribution in [3.05, 3.63) is 35.1 Å². The van der Waals surface area contributed by atoms with Gasteiger partial charge in [0, 0.05) is 12.1 Å². The van der Waals surface area contributed by atoms with Gasteiger partial charge in [0.2, 0.25) is 5.91 Å². The SMILES string of the molecule is CN(CC(N)=O)Cc1ccc(C#N)cc1F. The van der Waals surface area contributed by atoms with Gasteiger partial charge in [-0.1, -0.05) is 6.07 Å². The number of amides is 1. The lowest BCUT2D eigenvalue weighted by Gasteiger charge is -2.14. The van der Waals surface area contributed by atoms with Gasteiger partial charge in [-0.05, 0) is 19.2 Å². The summed E-state index contributed by atoms with van der Waals surface area (Å²) in [5, 5.41) is 8.57. The summed E-state index contributed by atoms with van der Waals surface area (Å²) < 4.78 is 13.4. The second kappa shape index (κ2) is 5.24. The number of benzene rings is 1. The molecule has 0 aliphatic rings. The van der Waals surface area contributed by atoms with Crippen molar-refractivity contribution in [1.82, 2.24) is 4.90 Å². The maximum Gasteiger partial charge on any atom is 0.231 e. The smallest absolute Gasteiger partial charge is 0.231 e. The predicted molar refractivity (Wildman–Crippen MR) is 56.6 cm³/mol. The van der Waals surface area contributed by atoms with Gasteiger partial charge in [-0.15, -0.1) is 0 Å². The number of nitrogens with two attached hydrogens (primary N) is 1. The van der Waals surface area contributed by atoms with Gasteiger partial charge in [0.25, 0.3) is 0 Å². The molecule has 0 unspecified atom stereocenters. The fourth-order valence-electron chi connectivity index (χ4n) is 1.36. The molecule has 0 radical (unpaired) electrons. The van der Waals surface area contributed by atoms with Crippen LogP contribution < -0.4 is 5.73 Å². The summed E-state index contributed by atoms with van der Waals surface area (Å²) in [6.45, 7) is 0.347. The number of carbonyl (C=O) groups excluding carboxylic acids is 1. The first-order valence-electron chi connectivity index (χ1n) is 4.68. The first kappa shape index (κ1) is 12.1. The third-order valence-corrected chi connectivity index (χ3v) is 2.05. The van der Waals surface area contributed by atoms with E-state index < -0.39 is 11.7 Å². The third-order valence-electron chi connectivity index (χ3n) is 2.05.